The van der Waals surface area contributed by atoms with Crippen LogP contribution in [0.25, 0.3) is 5.69 Å². The van der Waals surface area contributed by atoms with Crippen LogP contribution >= 0.6 is 0 Å². The second-order valence-electron chi connectivity index (χ2n) is 5.45. The van der Waals surface area contributed by atoms with Crippen LogP contribution in [0.5, 0.6) is 5.75 Å². The monoisotopic (exact) mass is 305 g/mol. The molecular formula is C15H19N3O2S. The maximum atomic E-state index is 12.0. The van der Waals surface area contributed by atoms with Gasteiger partial charge in [-0.25, -0.2) is 9.19 Å². The van der Waals surface area contributed by atoms with E-state index in [0.717, 1.165) is 11.4 Å². The highest BCUT2D eigenvalue weighted by molar-refractivity contribution is 7.85. The third-order valence-electron chi connectivity index (χ3n) is 2.81. The average molecular weight is 305 g/mol. The Kier molecular flexibility index (Phi) is 4.57. The number of aromatic nitrogens is 2. The van der Waals surface area contributed by atoms with Gasteiger partial charge in [-0.15, -0.1) is 0 Å². The number of imidazole rings is 1. The molecule has 0 aliphatic carbocycles. The highest BCUT2D eigenvalue weighted by Gasteiger charge is 2.18. The van der Waals surface area contributed by atoms with Gasteiger partial charge in [-0.1, -0.05) is 0 Å². The van der Waals surface area contributed by atoms with E-state index in [2.05, 4.69) is 9.38 Å². The van der Waals surface area contributed by atoms with E-state index in [4.69, 9.17) is 4.74 Å². The summed E-state index contributed by atoms with van der Waals surface area (Å²) in [5, 5.41) is 0. The lowest BCUT2D eigenvalue weighted by molar-refractivity contribution is 0.414. The van der Waals surface area contributed by atoms with Gasteiger partial charge in [0.15, 0.2) is 5.82 Å². The van der Waals surface area contributed by atoms with Crippen LogP contribution in [-0.2, 0) is 11.0 Å². The van der Waals surface area contributed by atoms with Crippen molar-refractivity contribution in [1.29, 1.82) is 0 Å². The van der Waals surface area contributed by atoms with Crippen LogP contribution in [-0.4, -0.2) is 31.8 Å². The molecule has 0 saturated carbocycles. The first-order valence-corrected chi connectivity index (χ1v) is 7.66. The van der Waals surface area contributed by atoms with Crippen molar-refractivity contribution in [3.8, 4) is 11.4 Å². The zero-order valence-corrected chi connectivity index (χ0v) is 13.4. The number of benzene rings is 1. The van der Waals surface area contributed by atoms with Crippen LogP contribution in [0.3, 0.4) is 0 Å². The fourth-order valence-corrected chi connectivity index (χ4v) is 2.13. The number of nitrogens with zero attached hydrogens (tertiary/aromatic N) is 3. The second kappa shape index (κ2) is 6.22. The van der Waals surface area contributed by atoms with Crippen molar-refractivity contribution in [2.24, 2.45) is 4.40 Å². The number of ether oxygens (including phenoxy) is 1. The smallest absolute Gasteiger partial charge is 0.156 e. The summed E-state index contributed by atoms with van der Waals surface area (Å²) in [7, 11) is 0.335. The standard InChI is InChI=1S/C15H19N3O2S/c1-15(2,3)21(19)17-11-14-16-9-10-18(14)12-5-7-13(20-4)8-6-12/h5-11H,1-4H3/b17-11-/t21-/m1/s1. The maximum absolute atomic E-state index is 12.0. The van der Waals surface area contributed by atoms with Gasteiger partial charge in [-0.3, -0.25) is 4.57 Å². The summed E-state index contributed by atoms with van der Waals surface area (Å²) in [5.74, 6) is 1.43. The maximum Gasteiger partial charge on any atom is 0.156 e. The van der Waals surface area contributed by atoms with Crippen molar-refractivity contribution >= 4 is 17.2 Å². The lowest BCUT2D eigenvalue weighted by Gasteiger charge is -2.12. The van der Waals surface area contributed by atoms with E-state index >= 15 is 0 Å². The summed E-state index contributed by atoms with van der Waals surface area (Å²) in [4.78, 5) is 4.24. The fourth-order valence-electron chi connectivity index (χ4n) is 1.62. The largest absolute Gasteiger partial charge is 0.497 e. The number of hydrogen-bond acceptors (Lipinski definition) is 3. The Hall–Kier alpha value is -1.95. The van der Waals surface area contributed by atoms with Gasteiger partial charge >= 0.3 is 0 Å². The number of methoxy groups -OCH3 is 1. The van der Waals surface area contributed by atoms with Gasteiger partial charge < -0.3 is 4.74 Å². The minimum Gasteiger partial charge on any atom is -0.497 e. The summed E-state index contributed by atoms with van der Waals surface area (Å²) < 4.78 is 22.7. The zero-order valence-electron chi connectivity index (χ0n) is 12.6. The molecule has 0 unspecified atom stereocenters. The van der Waals surface area contributed by atoms with Gasteiger partial charge in [-0.2, -0.15) is 4.40 Å². The minimum absolute atomic E-state index is 0.381. The molecular weight excluding hydrogens is 286 g/mol. The summed E-state index contributed by atoms with van der Waals surface area (Å²) in [6, 6.07) is 7.62. The third kappa shape index (κ3) is 3.78. The van der Waals surface area contributed by atoms with Crippen LogP contribution in [0.1, 0.15) is 26.6 Å². The molecule has 2 aromatic rings. The fraction of sp³-hybridized carbons (Fsp3) is 0.333. The normalized spacial score (nSPS) is 13.5. The van der Waals surface area contributed by atoms with Crippen molar-refractivity contribution in [3.63, 3.8) is 0 Å². The predicted molar refractivity (Wildman–Crippen MR) is 85.6 cm³/mol. The minimum atomic E-state index is -1.30. The molecule has 1 atom stereocenters. The molecule has 6 heteroatoms. The Morgan fingerprint density at radius 3 is 2.52 bits per heavy atom. The predicted octanol–water partition coefficient (Wildman–Crippen LogP) is 2.76. The Bertz CT molecular complexity index is 654. The van der Waals surface area contributed by atoms with Crippen LogP contribution in [0, 0.1) is 0 Å². The topological polar surface area (TPSA) is 56.5 Å². The van der Waals surface area contributed by atoms with E-state index in [1.165, 1.54) is 0 Å². The van der Waals surface area contributed by atoms with E-state index in [0.29, 0.717) is 5.82 Å². The van der Waals surface area contributed by atoms with E-state index < -0.39 is 11.0 Å². The first-order chi connectivity index (χ1) is 9.91. The molecule has 0 aliphatic heterocycles. The Morgan fingerprint density at radius 2 is 1.95 bits per heavy atom. The average Bonchev–Trinajstić information content (AvgIpc) is 2.92. The molecule has 0 bridgehead atoms. The quantitative estimate of drug-likeness (QED) is 0.816. The molecule has 2 rings (SSSR count). The molecule has 0 N–H and O–H groups in total. The molecule has 21 heavy (non-hydrogen) atoms. The van der Waals surface area contributed by atoms with Crippen molar-refractivity contribution in [1.82, 2.24) is 9.55 Å². The van der Waals surface area contributed by atoms with E-state index in [-0.39, 0.29) is 4.75 Å². The highest BCUT2D eigenvalue weighted by Crippen LogP contribution is 2.16. The van der Waals surface area contributed by atoms with Crippen molar-refractivity contribution in [2.45, 2.75) is 25.5 Å². The number of hydrogen-bond donors (Lipinski definition) is 0. The van der Waals surface area contributed by atoms with Crippen LogP contribution in [0.15, 0.2) is 41.1 Å². The van der Waals surface area contributed by atoms with Gasteiger partial charge in [0, 0.05) is 18.1 Å². The molecule has 1 heterocycles. The molecule has 0 amide bonds. The third-order valence-corrected chi connectivity index (χ3v) is 4.15. The summed E-state index contributed by atoms with van der Waals surface area (Å²) >= 11 is 0. The van der Waals surface area contributed by atoms with Crippen LogP contribution < -0.4 is 4.74 Å². The van der Waals surface area contributed by atoms with Gasteiger partial charge in [0.05, 0.1) is 18.1 Å². The summed E-state index contributed by atoms with van der Waals surface area (Å²) in [6.45, 7) is 5.66. The van der Waals surface area contributed by atoms with E-state index in [1.807, 2.05) is 55.8 Å². The van der Waals surface area contributed by atoms with Gasteiger partial charge in [0.2, 0.25) is 0 Å². The lowest BCUT2D eigenvalue weighted by atomic mass is 10.3. The number of rotatable bonds is 4. The molecule has 0 fully saturated rings. The van der Waals surface area contributed by atoms with Crippen LogP contribution in [0.4, 0.5) is 0 Å². The van der Waals surface area contributed by atoms with Crippen molar-refractivity contribution in [3.05, 3.63) is 42.5 Å². The highest BCUT2D eigenvalue weighted by atomic mass is 32.2. The van der Waals surface area contributed by atoms with Gasteiger partial charge in [-0.05, 0) is 45.0 Å². The first kappa shape index (κ1) is 15.4. The van der Waals surface area contributed by atoms with Crippen molar-refractivity contribution < 1.29 is 8.95 Å². The molecule has 112 valence electrons. The molecule has 1 aromatic carbocycles. The van der Waals surface area contributed by atoms with E-state index in [1.54, 1.807) is 19.5 Å². The summed E-state index contributed by atoms with van der Waals surface area (Å²) in [6.07, 6.45) is 5.07. The Labute approximate surface area is 127 Å². The molecule has 0 aliphatic rings. The lowest BCUT2D eigenvalue weighted by Crippen LogP contribution is -2.19. The Balaban J connectivity index is 2.26. The molecule has 5 nitrogen and oxygen atoms in total. The van der Waals surface area contributed by atoms with Gasteiger partial charge in [0.25, 0.3) is 0 Å². The zero-order chi connectivity index (χ0) is 15.5. The Morgan fingerprint density at radius 1 is 1.29 bits per heavy atom. The molecule has 0 saturated heterocycles. The van der Waals surface area contributed by atoms with Crippen LogP contribution in [0.2, 0.25) is 0 Å². The SMILES string of the molecule is COc1ccc(-n2ccnc2/C=N\[S@](=O)C(C)(C)C)cc1. The van der Waals surface area contributed by atoms with Crippen molar-refractivity contribution in [2.75, 3.05) is 7.11 Å². The van der Waals surface area contributed by atoms with Gasteiger partial charge in [0.1, 0.15) is 16.7 Å². The second-order valence-corrected chi connectivity index (χ2v) is 7.38. The summed E-state index contributed by atoms with van der Waals surface area (Å²) in [5.41, 5.74) is 0.941. The first-order valence-electron chi connectivity index (χ1n) is 6.55. The molecule has 1 aromatic heterocycles. The molecule has 0 spiro atoms. The molecule has 0 radical (unpaired) electrons. The van der Waals surface area contributed by atoms with E-state index in [9.17, 15) is 4.21 Å².